The van der Waals surface area contributed by atoms with Gasteiger partial charge >= 0.3 is 7.82 Å². The molecule has 0 aliphatic heterocycles. The van der Waals surface area contributed by atoms with E-state index < -0.39 is 7.82 Å². The van der Waals surface area contributed by atoms with Crippen LogP contribution < -0.4 is 0 Å². The van der Waals surface area contributed by atoms with E-state index in [9.17, 15) is 9.46 Å². The maximum Gasteiger partial charge on any atom is 0.472 e. The van der Waals surface area contributed by atoms with E-state index >= 15 is 0 Å². The maximum atomic E-state index is 11.8. The van der Waals surface area contributed by atoms with Gasteiger partial charge in [-0.1, -0.05) is 76.9 Å². The zero-order valence-corrected chi connectivity index (χ0v) is 21.3. The molecule has 1 unspecified atom stereocenters. The van der Waals surface area contributed by atoms with Crippen LogP contribution in [0.1, 0.15) is 104 Å². The van der Waals surface area contributed by atoms with Crippen molar-refractivity contribution in [3.8, 4) is 0 Å². The zero-order valence-electron chi connectivity index (χ0n) is 20.4. The number of hydrogen-bond acceptors (Lipinski definition) is 3. The number of allylic oxidation sites excluding steroid dienone is 2. The summed E-state index contributed by atoms with van der Waals surface area (Å²) in [5.74, 6) is 0. The van der Waals surface area contributed by atoms with Crippen LogP contribution in [-0.2, 0) is 13.6 Å². The number of quaternary nitrogens is 1. The molecule has 0 bridgehead atoms. The molecule has 0 heterocycles. The predicted octanol–water partition coefficient (Wildman–Crippen LogP) is 7.25. The predicted molar refractivity (Wildman–Crippen MR) is 129 cm³/mol. The first-order valence-corrected chi connectivity index (χ1v) is 13.9. The quantitative estimate of drug-likeness (QED) is 0.0820. The van der Waals surface area contributed by atoms with Crippen LogP contribution in [-0.4, -0.2) is 49.8 Å². The van der Waals surface area contributed by atoms with Crippen LogP contribution in [0.2, 0.25) is 0 Å². The van der Waals surface area contributed by atoms with Gasteiger partial charge in [0.25, 0.3) is 0 Å². The zero-order chi connectivity index (χ0) is 22.6. The Morgan fingerprint density at radius 1 is 0.733 bits per heavy atom. The Hall–Kier alpha value is -0.190. The van der Waals surface area contributed by atoms with Crippen molar-refractivity contribution < 1.29 is 23.0 Å². The van der Waals surface area contributed by atoms with Crippen molar-refractivity contribution in [3.63, 3.8) is 0 Å². The molecular weight excluding hydrogens is 397 g/mol. The van der Waals surface area contributed by atoms with Gasteiger partial charge < -0.3 is 9.38 Å². The van der Waals surface area contributed by atoms with Crippen LogP contribution in [0, 0.1) is 0 Å². The summed E-state index contributed by atoms with van der Waals surface area (Å²) in [4.78, 5) is 9.71. The summed E-state index contributed by atoms with van der Waals surface area (Å²) >= 11 is 0. The second kappa shape index (κ2) is 19.5. The Balaban J connectivity index is 3.41. The summed E-state index contributed by atoms with van der Waals surface area (Å²) in [7, 11) is 0.241. The van der Waals surface area contributed by atoms with Crippen LogP contribution in [0.15, 0.2) is 12.2 Å². The largest absolute Gasteiger partial charge is 0.472 e. The summed E-state index contributed by atoms with van der Waals surface area (Å²) < 4.78 is 22.7. The van der Waals surface area contributed by atoms with Crippen molar-refractivity contribution in [2.45, 2.75) is 104 Å². The SMILES string of the molecule is CCCCCCCCC=CCCCCCCCCOP(=O)(O)OCC[N+](C)(C)CC. The summed E-state index contributed by atoms with van der Waals surface area (Å²) in [6.45, 7) is 6.53. The normalized spacial score (nSPS) is 14.4. The molecular formula is C24H51NO4P+. The third kappa shape index (κ3) is 21.1. The van der Waals surface area contributed by atoms with Crippen molar-refractivity contribution in [1.29, 1.82) is 0 Å². The minimum absolute atomic E-state index is 0.238. The highest BCUT2D eigenvalue weighted by Gasteiger charge is 2.22. The van der Waals surface area contributed by atoms with E-state index in [0.717, 1.165) is 30.3 Å². The van der Waals surface area contributed by atoms with E-state index in [4.69, 9.17) is 9.05 Å². The first kappa shape index (κ1) is 29.8. The van der Waals surface area contributed by atoms with Crippen molar-refractivity contribution >= 4 is 7.82 Å². The lowest BCUT2D eigenvalue weighted by atomic mass is 10.1. The number of phosphoric ester groups is 1. The maximum absolute atomic E-state index is 11.8. The Morgan fingerprint density at radius 3 is 1.73 bits per heavy atom. The molecule has 180 valence electrons. The minimum Gasteiger partial charge on any atom is -0.327 e. The highest BCUT2D eigenvalue weighted by Crippen LogP contribution is 2.43. The molecule has 0 saturated carbocycles. The van der Waals surface area contributed by atoms with Gasteiger partial charge in [-0.15, -0.1) is 0 Å². The van der Waals surface area contributed by atoms with Crippen molar-refractivity contribution in [3.05, 3.63) is 12.2 Å². The molecule has 5 nitrogen and oxygen atoms in total. The van der Waals surface area contributed by atoms with Gasteiger partial charge in [0.05, 0.1) is 27.2 Å². The van der Waals surface area contributed by atoms with E-state index in [2.05, 4.69) is 40.1 Å². The molecule has 1 N–H and O–H groups in total. The summed E-state index contributed by atoms with van der Waals surface area (Å²) in [5, 5.41) is 0. The average molecular weight is 449 g/mol. The lowest BCUT2D eigenvalue weighted by Gasteiger charge is -2.28. The number of unbranched alkanes of at least 4 members (excludes halogenated alkanes) is 12. The summed E-state index contributed by atoms with van der Waals surface area (Å²) in [5.41, 5.74) is 0. The highest BCUT2D eigenvalue weighted by molar-refractivity contribution is 7.47. The summed E-state index contributed by atoms with van der Waals surface area (Å²) in [6, 6.07) is 0. The topological polar surface area (TPSA) is 55.8 Å². The second-order valence-electron chi connectivity index (χ2n) is 9.05. The first-order valence-electron chi connectivity index (χ1n) is 12.4. The van der Waals surface area contributed by atoms with Crippen LogP contribution in [0.3, 0.4) is 0 Å². The van der Waals surface area contributed by atoms with Gasteiger partial charge in [-0.25, -0.2) is 4.57 Å². The smallest absolute Gasteiger partial charge is 0.327 e. The van der Waals surface area contributed by atoms with Gasteiger partial charge in [0.2, 0.25) is 0 Å². The Kier molecular flexibility index (Phi) is 19.4. The molecule has 0 aromatic rings. The second-order valence-corrected chi connectivity index (χ2v) is 10.5. The van der Waals surface area contributed by atoms with Gasteiger partial charge in [0.15, 0.2) is 0 Å². The van der Waals surface area contributed by atoms with Crippen molar-refractivity contribution in [2.24, 2.45) is 0 Å². The lowest BCUT2D eigenvalue weighted by molar-refractivity contribution is -0.888. The fraction of sp³-hybridized carbons (Fsp3) is 0.917. The molecule has 0 aliphatic rings. The number of nitrogens with zero attached hydrogens (tertiary/aromatic N) is 1. The molecule has 0 amide bonds. The monoisotopic (exact) mass is 448 g/mol. The summed E-state index contributed by atoms with van der Waals surface area (Å²) in [6.07, 6.45) is 22.1. The average Bonchev–Trinajstić information content (AvgIpc) is 2.70. The number of phosphoric acid groups is 1. The van der Waals surface area contributed by atoms with E-state index in [0.29, 0.717) is 13.2 Å². The van der Waals surface area contributed by atoms with E-state index in [1.165, 1.54) is 70.6 Å². The minimum atomic E-state index is -3.90. The Morgan fingerprint density at radius 2 is 1.20 bits per heavy atom. The molecule has 0 spiro atoms. The van der Waals surface area contributed by atoms with Gasteiger partial charge in [0.1, 0.15) is 13.2 Å². The molecule has 30 heavy (non-hydrogen) atoms. The Bertz CT molecular complexity index is 454. The molecule has 0 aromatic carbocycles. The molecule has 0 saturated heterocycles. The van der Waals surface area contributed by atoms with Crippen molar-refractivity contribution in [1.82, 2.24) is 0 Å². The highest BCUT2D eigenvalue weighted by atomic mass is 31.2. The lowest BCUT2D eigenvalue weighted by Crippen LogP contribution is -2.41. The van der Waals surface area contributed by atoms with Gasteiger partial charge in [-0.3, -0.25) is 9.05 Å². The Labute approximate surface area is 187 Å². The van der Waals surface area contributed by atoms with Gasteiger partial charge in [0, 0.05) is 0 Å². The van der Waals surface area contributed by atoms with Crippen LogP contribution in [0.25, 0.3) is 0 Å². The van der Waals surface area contributed by atoms with E-state index in [1.807, 2.05) is 0 Å². The number of likely N-dealkylation sites (N-methyl/N-ethyl adjacent to an activating group) is 1. The third-order valence-corrected chi connectivity index (χ3v) is 6.74. The molecule has 0 aromatic heterocycles. The van der Waals surface area contributed by atoms with Crippen LogP contribution >= 0.6 is 7.82 Å². The molecule has 1 atom stereocenters. The first-order chi connectivity index (χ1) is 14.3. The van der Waals surface area contributed by atoms with Gasteiger partial charge in [-0.2, -0.15) is 0 Å². The standard InChI is InChI=1S/C24H50NO4P/c1-5-7-8-9-10-11-12-13-14-15-16-17-18-19-20-21-23-28-30(26,27)29-24-22-25(3,4)6-2/h13-14H,5-12,15-24H2,1-4H3/p+1. The number of hydrogen-bond donors (Lipinski definition) is 1. The fourth-order valence-electron chi connectivity index (χ4n) is 3.13. The van der Waals surface area contributed by atoms with E-state index in [-0.39, 0.29) is 6.61 Å². The fourth-order valence-corrected chi connectivity index (χ4v) is 3.87. The number of rotatable bonds is 22. The van der Waals surface area contributed by atoms with Crippen molar-refractivity contribution in [2.75, 3.05) is 40.4 Å². The van der Waals surface area contributed by atoms with Crippen LogP contribution in [0.4, 0.5) is 0 Å². The molecule has 0 rings (SSSR count). The molecule has 0 radical (unpaired) electrons. The molecule has 6 heteroatoms. The third-order valence-electron chi connectivity index (χ3n) is 5.72. The van der Waals surface area contributed by atoms with Gasteiger partial charge in [-0.05, 0) is 39.0 Å². The van der Waals surface area contributed by atoms with Crippen LogP contribution in [0.5, 0.6) is 0 Å². The molecule has 0 aliphatic carbocycles. The van der Waals surface area contributed by atoms with E-state index in [1.54, 1.807) is 0 Å². The molecule has 0 fully saturated rings.